The number of methoxy groups -OCH3 is 1. The van der Waals surface area contributed by atoms with E-state index in [0.717, 1.165) is 5.56 Å². The minimum absolute atomic E-state index is 0.133. The Balaban J connectivity index is 1.89. The highest BCUT2D eigenvalue weighted by Crippen LogP contribution is 2.43. The number of carbonyl (C=O) groups is 1. The van der Waals surface area contributed by atoms with Gasteiger partial charge in [0.1, 0.15) is 11.3 Å². The van der Waals surface area contributed by atoms with Crippen molar-refractivity contribution in [3.63, 3.8) is 0 Å². The van der Waals surface area contributed by atoms with Crippen molar-refractivity contribution >= 4 is 23.0 Å². The van der Waals surface area contributed by atoms with E-state index in [1.165, 1.54) is 7.11 Å². The van der Waals surface area contributed by atoms with E-state index in [4.69, 9.17) is 13.9 Å². The summed E-state index contributed by atoms with van der Waals surface area (Å²) in [6, 6.07) is 16.3. The van der Waals surface area contributed by atoms with Crippen LogP contribution in [-0.4, -0.2) is 24.0 Å². The number of rotatable bonds is 3. The number of allylic oxidation sites excluding steroid dienone is 1. The molecule has 2 atom stereocenters. The van der Waals surface area contributed by atoms with Gasteiger partial charge in [-0.05, 0) is 17.7 Å². The molecule has 6 nitrogen and oxygen atoms in total. The molecule has 2 heterocycles. The van der Waals surface area contributed by atoms with Crippen molar-refractivity contribution in [2.24, 2.45) is 0 Å². The number of carbonyl (C=O) groups excluding carboxylic acids is 1. The smallest absolute Gasteiger partial charge is 0.379 e. The topological polar surface area (TPSA) is 86.0 Å². The van der Waals surface area contributed by atoms with Crippen LogP contribution in [0.25, 0.3) is 17.0 Å². The summed E-state index contributed by atoms with van der Waals surface area (Å²) < 4.78 is 15.8. The monoisotopic (exact) mass is 378 g/mol. The van der Waals surface area contributed by atoms with Crippen molar-refractivity contribution in [3.8, 4) is 5.75 Å². The third-order valence-corrected chi connectivity index (χ3v) is 4.76. The number of fused-ring (bicyclic) bond motifs is 3. The second-order valence-corrected chi connectivity index (χ2v) is 6.59. The fourth-order valence-corrected chi connectivity index (χ4v) is 3.42. The Hall–Kier alpha value is -3.38. The van der Waals surface area contributed by atoms with Crippen LogP contribution < -0.4 is 10.4 Å². The molecule has 0 fully saturated rings. The van der Waals surface area contributed by atoms with Crippen molar-refractivity contribution in [2.45, 2.75) is 18.1 Å². The van der Waals surface area contributed by atoms with E-state index in [1.54, 1.807) is 30.3 Å². The first-order chi connectivity index (χ1) is 13.5. The molecule has 0 amide bonds. The molecule has 1 aliphatic heterocycles. The van der Waals surface area contributed by atoms with Gasteiger partial charge in [-0.3, -0.25) is 0 Å². The first kappa shape index (κ1) is 18.0. The Kier molecular flexibility index (Phi) is 4.49. The average molecular weight is 378 g/mol. The van der Waals surface area contributed by atoms with Gasteiger partial charge in [-0.25, -0.2) is 9.59 Å². The van der Waals surface area contributed by atoms with Crippen molar-refractivity contribution in [3.05, 3.63) is 82.2 Å². The molecule has 0 aliphatic carbocycles. The molecule has 3 aromatic rings. The quantitative estimate of drug-likeness (QED) is 0.556. The average Bonchev–Trinajstić information content (AvgIpc) is 2.72. The number of hydrogen-bond donors (Lipinski definition) is 1. The van der Waals surface area contributed by atoms with Gasteiger partial charge in [0.05, 0.1) is 18.1 Å². The lowest BCUT2D eigenvalue weighted by atomic mass is 9.87. The Labute approximate surface area is 160 Å². The highest BCUT2D eigenvalue weighted by molar-refractivity contribution is 5.87. The summed E-state index contributed by atoms with van der Waals surface area (Å²) in [7, 11) is 1.17. The van der Waals surface area contributed by atoms with Gasteiger partial charge in [-0.15, -0.1) is 0 Å². The van der Waals surface area contributed by atoms with Gasteiger partial charge < -0.3 is 19.0 Å². The van der Waals surface area contributed by atoms with Gasteiger partial charge in [-0.1, -0.05) is 54.6 Å². The minimum atomic E-state index is -2.20. The molecule has 0 saturated heterocycles. The van der Waals surface area contributed by atoms with Crippen LogP contribution in [0.4, 0.5) is 0 Å². The predicted molar refractivity (Wildman–Crippen MR) is 103 cm³/mol. The van der Waals surface area contributed by atoms with Crippen molar-refractivity contribution in [1.29, 1.82) is 0 Å². The molecule has 0 spiro atoms. The van der Waals surface area contributed by atoms with Crippen LogP contribution in [0.5, 0.6) is 5.75 Å². The fourth-order valence-electron chi connectivity index (χ4n) is 3.42. The summed E-state index contributed by atoms with van der Waals surface area (Å²) in [5, 5.41) is 11.3. The fraction of sp³-hybridized carbons (Fsp3) is 0.182. The second kappa shape index (κ2) is 6.98. The molecule has 28 heavy (non-hydrogen) atoms. The van der Waals surface area contributed by atoms with E-state index in [0.29, 0.717) is 11.0 Å². The lowest BCUT2D eigenvalue weighted by Crippen LogP contribution is -2.49. The van der Waals surface area contributed by atoms with Gasteiger partial charge in [-0.2, -0.15) is 0 Å². The number of aliphatic hydroxyl groups is 1. The standard InChI is InChI=1S/C22H18O6/c1-26-21(24)22(25)13-15(12-11-14-7-3-2-4-8-14)18-19(28-22)16-9-5-6-10-17(16)27-20(18)23/h2-12,15,25H,13H2,1H3/b12-11+. The molecule has 0 radical (unpaired) electrons. The van der Waals surface area contributed by atoms with E-state index < -0.39 is 23.3 Å². The van der Waals surface area contributed by atoms with E-state index in [1.807, 2.05) is 36.4 Å². The maximum atomic E-state index is 12.7. The third kappa shape index (κ3) is 3.08. The van der Waals surface area contributed by atoms with Crippen LogP contribution in [0.15, 0.2) is 69.9 Å². The molecule has 0 bridgehead atoms. The molecule has 6 heteroatoms. The Morgan fingerprint density at radius 2 is 1.89 bits per heavy atom. The zero-order valence-electron chi connectivity index (χ0n) is 15.1. The number of benzene rings is 2. The molecular weight excluding hydrogens is 360 g/mol. The van der Waals surface area contributed by atoms with Crippen LogP contribution in [0.3, 0.4) is 0 Å². The first-order valence-corrected chi connectivity index (χ1v) is 8.80. The van der Waals surface area contributed by atoms with E-state index in [2.05, 4.69) is 0 Å². The summed E-state index contributed by atoms with van der Waals surface area (Å²) >= 11 is 0. The van der Waals surface area contributed by atoms with Crippen molar-refractivity contribution in [1.82, 2.24) is 0 Å². The molecular formula is C22H18O6. The molecule has 1 N–H and O–H groups in total. The lowest BCUT2D eigenvalue weighted by Gasteiger charge is -2.34. The molecule has 2 aromatic carbocycles. The third-order valence-electron chi connectivity index (χ3n) is 4.76. The van der Waals surface area contributed by atoms with Crippen LogP contribution in [0.1, 0.15) is 23.5 Å². The van der Waals surface area contributed by atoms with Crippen molar-refractivity contribution < 1.29 is 23.8 Å². The van der Waals surface area contributed by atoms with Gasteiger partial charge in [0.15, 0.2) is 0 Å². The molecule has 4 rings (SSSR count). The highest BCUT2D eigenvalue weighted by atomic mass is 16.7. The van der Waals surface area contributed by atoms with Gasteiger partial charge >= 0.3 is 17.4 Å². The molecule has 142 valence electrons. The normalized spacial score (nSPS) is 21.3. The predicted octanol–water partition coefficient (Wildman–Crippen LogP) is 3.23. The summed E-state index contributed by atoms with van der Waals surface area (Å²) in [4.78, 5) is 24.9. The number of hydrogen-bond acceptors (Lipinski definition) is 6. The maximum Gasteiger partial charge on any atom is 0.379 e. The van der Waals surface area contributed by atoms with E-state index in [9.17, 15) is 14.7 Å². The molecule has 1 aromatic heterocycles. The molecule has 2 unspecified atom stereocenters. The molecule has 1 aliphatic rings. The number of ether oxygens (including phenoxy) is 2. The van der Waals surface area contributed by atoms with Crippen LogP contribution in [-0.2, 0) is 9.53 Å². The van der Waals surface area contributed by atoms with E-state index in [-0.39, 0.29) is 17.7 Å². The van der Waals surface area contributed by atoms with Crippen LogP contribution >= 0.6 is 0 Å². The van der Waals surface area contributed by atoms with Gasteiger partial charge in [0.25, 0.3) is 0 Å². The number of esters is 1. The van der Waals surface area contributed by atoms with Crippen LogP contribution in [0.2, 0.25) is 0 Å². The Morgan fingerprint density at radius 3 is 2.64 bits per heavy atom. The maximum absolute atomic E-state index is 12.7. The largest absolute Gasteiger partial charge is 0.464 e. The van der Waals surface area contributed by atoms with Crippen LogP contribution in [0, 0.1) is 0 Å². The lowest BCUT2D eigenvalue weighted by molar-refractivity contribution is -0.202. The summed E-state index contributed by atoms with van der Waals surface area (Å²) in [5.41, 5.74) is 0.927. The summed E-state index contributed by atoms with van der Waals surface area (Å²) in [5.74, 6) is -3.60. The minimum Gasteiger partial charge on any atom is -0.464 e. The Bertz CT molecular complexity index is 1110. The Morgan fingerprint density at radius 1 is 1.18 bits per heavy atom. The van der Waals surface area contributed by atoms with E-state index >= 15 is 0 Å². The van der Waals surface area contributed by atoms with Gasteiger partial charge in [0.2, 0.25) is 0 Å². The number of para-hydroxylation sites is 1. The SMILES string of the molecule is COC(=O)C1(O)CC(/C=C/c2ccccc2)c2c(c3ccccc3oc2=O)O1. The summed E-state index contributed by atoms with van der Waals surface area (Å²) in [6.45, 7) is 0. The zero-order chi connectivity index (χ0) is 19.7. The first-order valence-electron chi connectivity index (χ1n) is 8.80. The highest BCUT2D eigenvalue weighted by Gasteiger charge is 2.48. The molecule has 0 saturated carbocycles. The van der Waals surface area contributed by atoms with Gasteiger partial charge in [0, 0.05) is 12.3 Å². The summed E-state index contributed by atoms with van der Waals surface area (Å²) in [6.07, 6.45) is 3.42. The second-order valence-electron chi connectivity index (χ2n) is 6.59. The zero-order valence-corrected chi connectivity index (χ0v) is 15.1. The van der Waals surface area contributed by atoms with Crippen molar-refractivity contribution in [2.75, 3.05) is 7.11 Å².